The van der Waals surface area contributed by atoms with Crippen molar-refractivity contribution in [2.75, 3.05) is 5.75 Å². The van der Waals surface area contributed by atoms with E-state index in [4.69, 9.17) is 0 Å². The molecule has 0 amide bonds. The Hall–Kier alpha value is -2.49. The highest BCUT2D eigenvalue weighted by Gasteiger charge is 2.16. The van der Waals surface area contributed by atoms with Gasteiger partial charge < -0.3 is 0 Å². The van der Waals surface area contributed by atoms with Crippen molar-refractivity contribution in [2.24, 2.45) is 0 Å². The zero-order valence-corrected chi connectivity index (χ0v) is 13.8. The Bertz CT molecular complexity index is 852. The minimum absolute atomic E-state index is 0.590. The van der Waals surface area contributed by atoms with Crippen LogP contribution in [0.4, 0.5) is 0 Å². The largest absolute Gasteiger partial charge is 0.261 e. The van der Waals surface area contributed by atoms with Crippen molar-refractivity contribution in [2.45, 2.75) is 5.03 Å². The number of hydrogen-bond donors (Lipinski definition) is 0. The van der Waals surface area contributed by atoms with E-state index in [9.17, 15) is 5.26 Å². The summed E-state index contributed by atoms with van der Waals surface area (Å²) >= 11 is 3.09. The molecule has 0 fully saturated rings. The second-order valence-electron chi connectivity index (χ2n) is 4.51. The maximum Gasteiger partial charge on any atom is 0.116 e. The van der Waals surface area contributed by atoms with Crippen molar-refractivity contribution < 1.29 is 0 Å². The van der Waals surface area contributed by atoms with Gasteiger partial charge in [0.1, 0.15) is 16.8 Å². The number of nitriles is 1. The summed E-state index contributed by atoms with van der Waals surface area (Å²) in [5, 5.41) is 12.3. The molecule has 0 atom stereocenters. The lowest BCUT2D eigenvalue weighted by molar-refractivity contribution is 1.09. The van der Waals surface area contributed by atoms with Crippen LogP contribution in [0.2, 0.25) is 0 Å². The summed E-state index contributed by atoms with van der Waals surface area (Å²) < 4.78 is 0. The van der Waals surface area contributed by atoms with Gasteiger partial charge in [-0.05, 0) is 17.5 Å². The molecule has 0 aromatic carbocycles. The van der Waals surface area contributed by atoms with Crippen LogP contribution in [-0.2, 0) is 0 Å². The van der Waals surface area contributed by atoms with Gasteiger partial charge >= 0.3 is 0 Å². The standard InChI is InChI=1S/C17H12N4S2/c1-2-7-23-17-13(10-18)12(16-4-3-8-22-16)9-14(21-17)15-11-19-5-6-20-15/h2-6,8-9,11H,1,7H2. The summed E-state index contributed by atoms with van der Waals surface area (Å²) in [6.45, 7) is 3.73. The zero-order valence-electron chi connectivity index (χ0n) is 12.1. The van der Waals surface area contributed by atoms with Crippen molar-refractivity contribution in [3.05, 3.63) is 60.4 Å². The van der Waals surface area contributed by atoms with Crippen LogP contribution in [0.15, 0.2) is 59.9 Å². The maximum absolute atomic E-state index is 9.61. The number of rotatable bonds is 5. The van der Waals surface area contributed by atoms with E-state index in [1.165, 1.54) is 11.8 Å². The Morgan fingerprint density at radius 3 is 2.91 bits per heavy atom. The second kappa shape index (κ2) is 7.18. The number of hydrogen-bond acceptors (Lipinski definition) is 6. The van der Waals surface area contributed by atoms with E-state index >= 15 is 0 Å². The first kappa shape index (κ1) is 15.4. The van der Waals surface area contributed by atoms with Crippen LogP contribution in [-0.4, -0.2) is 20.7 Å². The molecule has 112 valence electrons. The first-order valence-corrected chi connectivity index (χ1v) is 8.69. The predicted octanol–water partition coefficient (Wildman–Crippen LogP) is 4.42. The maximum atomic E-state index is 9.61. The van der Waals surface area contributed by atoms with E-state index < -0.39 is 0 Å². The first-order valence-electron chi connectivity index (χ1n) is 6.82. The van der Waals surface area contributed by atoms with Crippen LogP contribution < -0.4 is 0 Å². The zero-order chi connectivity index (χ0) is 16.1. The molecule has 0 spiro atoms. The van der Waals surface area contributed by atoms with Gasteiger partial charge in [0.2, 0.25) is 0 Å². The summed E-state index contributed by atoms with van der Waals surface area (Å²) in [5.41, 5.74) is 2.87. The van der Waals surface area contributed by atoms with E-state index in [1.54, 1.807) is 36.0 Å². The number of thiophene rings is 1. The molecular formula is C17H12N4S2. The van der Waals surface area contributed by atoms with Crippen LogP contribution >= 0.6 is 23.1 Å². The fraction of sp³-hybridized carbons (Fsp3) is 0.0588. The van der Waals surface area contributed by atoms with Crippen molar-refractivity contribution in [1.29, 1.82) is 5.26 Å². The van der Waals surface area contributed by atoms with Crippen LogP contribution in [0.25, 0.3) is 21.8 Å². The fourth-order valence-electron chi connectivity index (χ4n) is 2.06. The third kappa shape index (κ3) is 3.31. The quantitative estimate of drug-likeness (QED) is 0.510. The van der Waals surface area contributed by atoms with Crippen LogP contribution in [0, 0.1) is 11.3 Å². The van der Waals surface area contributed by atoms with Crippen LogP contribution in [0.5, 0.6) is 0 Å². The van der Waals surface area contributed by atoms with Crippen molar-refractivity contribution >= 4 is 23.1 Å². The van der Waals surface area contributed by atoms with Gasteiger partial charge in [0, 0.05) is 28.6 Å². The molecule has 3 rings (SSSR count). The van der Waals surface area contributed by atoms with E-state index in [2.05, 4.69) is 27.6 Å². The average Bonchev–Trinajstić information content (AvgIpc) is 3.14. The Morgan fingerprint density at radius 2 is 2.26 bits per heavy atom. The highest BCUT2D eigenvalue weighted by Crippen LogP contribution is 2.35. The molecule has 3 aromatic rings. The summed E-state index contributed by atoms with van der Waals surface area (Å²) in [4.78, 5) is 14.1. The Balaban J connectivity index is 2.21. The van der Waals surface area contributed by atoms with Gasteiger partial charge in [-0.15, -0.1) is 29.7 Å². The molecule has 23 heavy (non-hydrogen) atoms. The van der Waals surface area contributed by atoms with Crippen molar-refractivity contribution in [3.8, 4) is 27.9 Å². The molecule has 3 heterocycles. The molecule has 0 aliphatic heterocycles. The summed E-state index contributed by atoms with van der Waals surface area (Å²) in [6, 6.07) is 8.18. The predicted molar refractivity (Wildman–Crippen MR) is 94.2 cm³/mol. The minimum atomic E-state index is 0.590. The highest BCUT2D eigenvalue weighted by atomic mass is 32.2. The first-order chi connectivity index (χ1) is 11.3. The summed E-state index contributed by atoms with van der Waals surface area (Å²) in [6.07, 6.45) is 6.74. The number of nitrogens with zero attached hydrogens (tertiary/aromatic N) is 4. The minimum Gasteiger partial charge on any atom is -0.261 e. The van der Waals surface area contributed by atoms with Gasteiger partial charge in [0.25, 0.3) is 0 Å². The van der Waals surface area contributed by atoms with E-state index in [0.717, 1.165) is 10.4 Å². The van der Waals surface area contributed by atoms with E-state index in [1.807, 2.05) is 23.6 Å². The molecule has 0 N–H and O–H groups in total. The fourth-order valence-corrected chi connectivity index (χ4v) is 3.55. The highest BCUT2D eigenvalue weighted by molar-refractivity contribution is 7.99. The van der Waals surface area contributed by atoms with Gasteiger partial charge in [-0.2, -0.15) is 5.26 Å². The molecule has 0 aliphatic carbocycles. The summed E-state index contributed by atoms with van der Waals surface area (Å²) in [5.74, 6) is 0.690. The van der Waals surface area contributed by atoms with Gasteiger partial charge in [-0.3, -0.25) is 9.97 Å². The van der Waals surface area contributed by atoms with Gasteiger partial charge in [0.05, 0.1) is 17.5 Å². The van der Waals surface area contributed by atoms with E-state index in [0.29, 0.717) is 27.7 Å². The molecule has 0 saturated carbocycles. The Kier molecular flexibility index (Phi) is 4.81. The lowest BCUT2D eigenvalue weighted by atomic mass is 10.1. The summed E-state index contributed by atoms with van der Waals surface area (Å²) in [7, 11) is 0. The molecule has 3 aromatic heterocycles. The molecule has 0 unspecified atom stereocenters. The number of thioether (sulfide) groups is 1. The van der Waals surface area contributed by atoms with Gasteiger partial charge in [-0.1, -0.05) is 12.1 Å². The number of pyridine rings is 1. The SMILES string of the molecule is C=CCSc1nc(-c2cnccn2)cc(-c2cccs2)c1C#N. The molecule has 4 nitrogen and oxygen atoms in total. The van der Waals surface area contributed by atoms with Gasteiger partial charge in [-0.25, -0.2) is 4.98 Å². The van der Waals surface area contributed by atoms with E-state index in [-0.39, 0.29) is 0 Å². The van der Waals surface area contributed by atoms with Crippen molar-refractivity contribution in [1.82, 2.24) is 15.0 Å². The Morgan fingerprint density at radius 1 is 1.35 bits per heavy atom. The molecule has 6 heteroatoms. The molecule has 0 radical (unpaired) electrons. The topological polar surface area (TPSA) is 62.5 Å². The van der Waals surface area contributed by atoms with Crippen LogP contribution in [0.1, 0.15) is 5.56 Å². The lowest BCUT2D eigenvalue weighted by Gasteiger charge is -2.10. The van der Waals surface area contributed by atoms with Crippen molar-refractivity contribution in [3.63, 3.8) is 0 Å². The third-order valence-corrected chi connectivity index (χ3v) is 4.92. The Labute approximate surface area is 142 Å². The van der Waals surface area contributed by atoms with Gasteiger partial charge in [0.15, 0.2) is 0 Å². The molecule has 0 bridgehead atoms. The average molecular weight is 336 g/mol. The second-order valence-corrected chi connectivity index (χ2v) is 6.47. The molecular weight excluding hydrogens is 324 g/mol. The normalized spacial score (nSPS) is 10.2. The van der Waals surface area contributed by atoms with Crippen LogP contribution in [0.3, 0.4) is 0 Å². The number of aromatic nitrogens is 3. The third-order valence-electron chi connectivity index (χ3n) is 3.05. The lowest BCUT2D eigenvalue weighted by Crippen LogP contribution is -1.96. The monoisotopic (exact) mass is 336 g/mol. The molecule has 0 aliphatic rings. The smallest absolute Gasteiger partial charge is 0.116 e. The molecule has 0 saturated heterocycles.